The molecule has 3 N–H and O–H groups in total. The van der Waals surface area contributed by atoms with Crippen molar-refractivity contribution < 1.29 is 37.1 Å². The Morgan fingerprint density at radius 3 is 2.07 bits per heavy atom. The number of carbonyl (C=O) groups is 5. The minimum absolute atomic E-state index is 0.0368. The Morgan fingerprint density at radius 1 is 1.00 bits per heavy atom. The molecule has 1 saturated carbocycles. The molecule has 5 atom stereocenters. The number of piperidine rings is 1. The molecule has 2 aliphatic rings. The summed E-state index contributed by atoms with van der Waals surface area (Å²) in [6.07, 6.45) is 1.21. The van der Waals surface area contributed by atoms with E-state index in [0.29, 0.717) is 13.0 Å². The zero-order chi connectivity index (χ0) is 34.9. The number of nitrogens with zero attached hydrogens (tertiary/aromatic N) is 1. The van der Waals surface area contributed by atoms with Gasteiger partial charge in [0.25, 0.3) is 5.91 Å². The molecule has 0 bridgehead atoms. The number of hydrogen-bond donors (Lipinski definition) is 3. The number of fused-ring (bicyclic) bond motifs is 1. The Morgan fingerprint density at radius 2 is 1.58 bits per heavy atom. The second-order valence-corrected chi connectivity index (χ2v) is 18.7. The molecule has 2 rings (SSSR count). The van der Waals surface area contributed by atoms with E-state index in [0.717, 1.165) is 0 Å². The third-order valence-corrected chi connectivity index (χ3v) is 11.2. The predicted octanol–water partition coefficient (Wildman–Crippen LogP) is 2.76. The standard InChI is InChI=1S/C32H54N4O8S/c1-13-14-15-20(23(37)26(39)33-16-17-45(42,43)31(8,9)10)34-25(38)22-21-19(32(21,11)12)18-36(22)27(40)24(29(2,3)4)35-28(41)44-30(5,6)7/h13,19-22,24H,1,14-18H2,2-12H3,(H,33,39)(H,34,38)(H,35,41)/t19?,20?,21?,22-,24?/m0/s1. The number of ether oxygens (including phenoxy) is 1. The van der Waals surface area contributed by atoms with Crippen LogP contribution in [-0.2, 0) is 33.8 Å². The summed E-state index contributed by atoms with van der Waals surface area (Å²) >= 11 is 0. The van der Waals surface area contributed by atoms with Crippen LogP contribution in [0.5, 0.6) is 0 Å². The smallest absolute Gasteiger partial charge is 0.408 e. The zero-order valence-corrected chi connectivity index (χ0v) is 29.6. The van der Waals surface area contributed by atoms with Crippen LogP contribution in [0.2, 0.25) is 0 Å². The second-order valence-electron chi connectivity index (χ2n) is 15.8. The average molecular weight is 655 g/mol. The van der Waals surface area contributed by atoms with E-state index >= 15 is 0 Å². The maximum Gasteiger partial charge on any atom is 0.408 e. The number of allylic oxidation sites excluding steroid dienone is 1. The number of nitrogens with one attached hydrogen (secondary N) is 3. The molecular weight excluding hydrogens is 600 g/mol. The van der Waals surface area contributed by atoms with E-state index in [-0.39, 0.29) is 36.0 Å². The summed E-state index contributed by atoms with van der Waals surface area (Å²) in [5, 5.41) is 7.78. The molecule has 4 unspecified atom stereocenters. The van der Waals surface area contributed by atoms with Gasteiger partial charge in [-0.1, -0.05) is 40.7 Å². The van der Waals surface area contributed by atoms with Crippen molar-refractivity contribution >= 4 is 39.4 Å². The molecular formula is C32H54N4O8S. The highest BCUT2D eigenvalue weighted by molar-refractivity contribution is 7.92. The van der Waals surface area contributed by atoms with Gasteiger partial charge in [-0.15, -0.1) is 6.58 Å². The molecule has 13 heteroatoms. The minimum atomic E-state index is -3.53. The largest absolute Gasteiger partial charge is 0.444 e. The van der Waals surface area contributed by atoms with E-state index in [4.69, 9.17) is 4.74 Å². The van der Waals surface area contributed by atoms with Gasteiger partial charge < -0.3 is 25.6 Å². The van der Waals surface area contributed by atoms with Gasteiger partial charge in [0.1, 0.15) is 17.7 Å². The van der Waals surface area contributed by atoms with E-state index in [2.05, 4.69) is 22.5 Å². The lowest BCUT2D eigenvalue weighted by atomic mass is 9.85. The Balaban J connectivity index is 2.27. The molecule has 0 radical (unpaired) electrons. The normalized spacial score (nSPS) is 22.4. The van der Waals surface area contributed by atoms with Gasteiger partial charge in [0.15, 0.2) is 9.84 Å². The summed E-state index contributed by atoms with van der Waals surface area (Å²) in [5.41, 5.74) is -1.74. The molecule has 0 aromatic carbocycles. The Kier molecular flexibility index (Phi) is 11.4. The fourth-order valence-electron chi connectivity index (χ4n) is 5.71. The molecule has 0 aromatic heterocycles. The second kappa shape index (κ2) is 13.4. The summed E-state index contributed by atoms with van der Waals surface area (Å²) in [4.78, 5) is 68.1. The van der Waals surface area contributed by atoms with Crippen molar-refractivity contribution in [1.82, 2.24) is 20.9 Å². The van der Waals surface area contributed by atoms with Crippen LogP contribution in [0, 0.1) is 22.7 Å². The molecule has 12 nitrogen and oxygen atoms in total. The van der Waals surface area contributed by atoms with Crippen molar-refractivity contribution in [3.63, 3.8) is 0 Å². The number of alkyl carbamates (subject to hydrolysis) is 1. The number of amides is 4. The quantitative estimate of drug-likeness (QED) is 0.213. The fourth-order valence-corrected chi connectivity index (χ4v) is 6.70. The first-order valence-electron chi connectivity index (χ1n) is 15.5. The van der Waals surface area contributed by atoms with Crippen LogP contribution in [0.1, 0.15) is 89.0 Å². The van der Waals surface area contributed by atoms with Crippen molar-refractivity contribution in [2.45, 2.75) is 117 Å². The first-order valence-corrected chi connectivity index (χ1v) is 17.2. The predicted molar refractivity (Wildman–Crippen MR) is 172 cm³/mol. The molecule has 1 heterocycles. The summed E-state index contributed by atoms with van der Waals surface area (Å²) in [6, 6.07) is -3.15. The summed E-state index contributed by atoms with van der Waals surface area (Å²) in [5.74, 6) is -3.43. The number of ketones is 1. The van der Waals surface area contributed by atoms with Gasteiger partial charge in [0.05, 0.1) is 16.5 Å². The number of carbonyl (C=O) groups excluding carboxylic acids is 5. The average Bonchev–Trinajstić information content (AvgIpc) is 3.19. The SMILES string of the molecule is C=CCCC(NC(=O)[C@@H]1C2C(CN1C(=O)C(NC(=O)OC(C)(C)C)C(C)(C)C)C2(C)C)C(=O)C(=O)NCCS(=O)(=O)C(C)(C)C. The van der Waals surface area contributed by atoms with Gasteiger partial charge in [0.2, 0.25) is 17.6 Å². The van der Waals surface area contributed by atoms with Gasteiger partial charge in [0, 0.05) is 13.1 Å². The Labute approximate surface area is 268 Å². The lowest BCUT2D eigenvalue weighted by Crippen LogP contribution is -2.60. The van der Waals surface area contributed by atoms with Crippen molar-refractivity contribution in [2.75, 3.05) is 18.8 Å². The van der Waals surface area contributed by atoms with Crippen LogP contribution < -0.4 is 16.0 Å². The molecule has 2 fully saturated rings. The highest BCUT2D eigenvalue weighted by Crippen LogP contribution is 2.65. The summed E-state index contributed by atoms with van der Waals surface area (Å²) in [6.45, 7) is 23.0. The van der Waals surface area contributed by atoms with Gasteiger partial charge >= 0.3 is 6.09 Å². The van der Waals surface area contributed by atoms with Crippen LogP contribution in [0.25, 0.3) is 0 Å². The number of rotatable bonds is 12. The molecule has 256 valence electrons. The van der Waals surface area contributed by atoms with Crippen LogP contribution in [0.3, 0.4) is 0 Å². The van der Waals surface area contributed by atoms with Crippen LogP contribution >= 0.6 is 0 Å². The van der Waals surface area contributed by atoms with Crippen molar-refractivity contribution in [3.05, 3.63) is 12.7 Å². The molecule has 45 heavy (non-hydrogen) atoms. The van der Waals surface area contributed by atoms with Crippen LogP contribution in [-0.4, -0.2) is 90.2 Å². The van der Waals surface area contributed by atoms with E-state index in [1.54, 1.807) is 68.4 Å². The number of sulfone groups is 1. The molecule has 0 aromatic rings. The van der Waals surface area contributed by atoms with Crippen molar-refractivity contribution in [1.29, 1.82) is 0 Å². The maximum atomic E-state index is 14.0. The molecule has 1 aliphatic carbocycles. The third kappa shape index (κ3) is 9.29. The highest BCUT2D eigenvalue weighted by atomic mass is 32.2. The first kappa shape index (κ1) is 38.2. The monoisotopic (exact) mass is 654 g/mol. The van der Waals surface area contributed by atoms with Crippen molar-refractivity contribution in [2.24, 2.45) is 22.7 Å². The molecule has 1 saturated heterocycles. The number of hydrogen-bond acceptors (Lipinski definition) is 8. The van der Waals surface area contributed by atoms with E-state index in [9.17, 15) is 32.4 Å². The molecule has 0 spiro atoms. The van der Waals surface area contributed by atoms with Gasteiger partial charge in [-0.05, 0) is 77.0 Å². The van der Waals surface area contributed by atoms with Crippen LogP contribution in [0.4, 0.5) is 4.79 Å². The fraction of sp³-hybridized carbons (Fsp3) is 0.781. The lowest BCUT2D eigenvalue weighted by molar-refractivity contribution is -0.145. The highest BCUT2D eigenvalue weighted by Gasteiger charge is 2.70. The molecule has 1 aliphatic heterocycles. The Hall–Kier alpha value is -2.96. The Bertz CT molecular complexity index is 1290. The summed E-state index contributed by atoms with van der Waals surface area (Å²) in [7, 11) is -3.53. The molecule has 4 amide bonds. The third-order valence-electron chi connectivity index (χ3n) is 8.64. The van der Waals surface area contributed by atoms with Gasteiger partial charge in [-0.2, -0.15) is 0 Å². The lowest BCUT2D eigenvalue weighted by Gasteiger charge is -2.38. The zero-order valence-electron chi connectivity index (χ0n) is 28.8. The summed E-state index contributed by atoms with van der Waals surface area (Å²) < 4.78 is 29.2. The van der Waals surface area contributed by atoms with Gasteiger partial charge in [-0.3, -0.25) is 19.2 Å². The van der Waals surface area contributed by atoms with Gasteiger partial charge in [-0.25, -0.2) is 13.2 Å². The van der Waals surface area contributed by atoms with E-state index in [1.807, 2.05) is 13.8 Å². The van der Waals surface area contributed by atoms with E-state index < -0.39 is 73.3 Å². The number of Topliss-reactive ketones (excluding diaryl/α,β-unsaturated/α-hetero) is 1. The minimum Gasteiger partial charge on any atom is -0.444 e. The maximum absolute atomic E-state index is 14.0. The van der Waals surface area contributed by atoms with Crippen LogP contribution in [0.15, 0.2) is 12.7 Å². The first-order chi connectivity index (χ1) is 20.3. The number of likely N-dealkylation sites (tertiary alicyclic amines) is 1. The van der Waals surface area contributed by atoms with E-state index in [1.165, 1.54) is 4.90 Å². The van der Waals surface area contributed by atoms with Crippen molar-refractivity contribution in [3.8, 4) is 0 Å². The topological polar surface area (TPSA) is 168 Å².